The molecule has 1 atom stereocenters. The number of aromatic amines is 1. The Bertz CT molecular complexity index is 739. The van der Waals surface area contributed by atoms with Gasteiger partial charge in [-0.15, -0.1) is 10.2 Å². The summed E-state index contributed by atoms with van der Waals surface area (Å²) in [6.07, 6.45) is 7.61. The van der Waals surface area contributed by atoms with Crippen LogP contribution in [-0.2, 0) is 6.54 Å². The highest BCUT2D eigenvalue weighted by atomic mass is 16.4. The van der Waals surface area contributed by atoms with Gasteiger partial charge in [0.25, 0.3) is 0 Å². The number of H-pyrrole nitrogens is 1. The zero-order valence-corrected chi connectivity index (χ0v) is 12.7. The fourth-order valence-corrected chi connectivity index (χ4v) is 3.06. The van der Waals surface area contributed by atoms with Crippen molar-refractivity contribution in [3.8, 4) is 11.5 Å². The summed E-state index contributed by atoms with van der Waals surface area (Å²) in [6.45, 7) is 2.71. The topological polar surface area (TPSA) is 83.7 Å². The number of nitrogens with zero attached hydrogens (tertiary/aromatic N) is 5. The Hall–Kier alpha value is -2.54. The van der Waals surface area contributed by atoms with Crippen molar-refractivity contribution in [1.29, 1.82) is 0 Å². The second kappa shape index (κ2) is 6.29. The second-order valence-corrected chi connectivity index (χ2v) is 5.83. The van der Waals surface area contributed by atoms with Gasteiger partial charge in [-0.1, -0.05) is 0 Å². The van der Waals surface area contributed by atoms with Gasteiger partial charge in [-0.05, 0) is 37.6 Å². The van der Waals surface area contributed by atoms with Crippen LogP contribution in [0, 0.1) is 0 Å². The van der Waals surface area contributed by atoms with E-state index in [1.165, 1.54) is 12.1 Å². The van der Waals surface area contributed by atoms with E-state index in [9.17, 15) is 0 Å². The van der Waals surface area contributed by atoms with Crippen LogP contribution in [0.4, 0.5) is 0 Å². The molecule has 1 fully saturated rings. The molecule has 1 aliphatic heterocycles. The van der Waals surface area contributed by atoms with Crippen LogP contribution in [-0.4, -0.2) is 43.4 Å². The maximum absolute atomic E-state index is 5.77. The predicted octanol–water partition coefficient (Wildman–Crippen LogP) is 2.23. The van der Waals surface area contributed by atoms with Gasteiger partial charge < -0.3 is 4.42 Å². The van der Waals surface area contributed by atoms with E-state index in [1.54, 1.807) is 12.4 Å². The molecule has 4 rings (SSSR count). The molecule has 0 spiro atoms. The molecule has 0 amide bonds. The van der Waals surface area contributed by atoms with Gasteiger partial charge >= 0.3 is 0 Å². The number of piperidine rings is 1. The van der Waals surface area contributed by atoms with Crippen molar-refractivity contribution >= 4 is 0 Å². The molecule has 7 heteroatoms. The van der Waals surface area contributed by atoms with E-state index < -0.39 is 0 Å². The highest BCUT2D eigenvalue weighted by molar-refractivity contribution is 5.49. The molecular formula is C16H18N6O. The molecule has 118 valence electrons. The Morgan fingerprint density at radius 3 is 3.09 bits per heavy atom. The minimum Gasteiger partial charge on any atom is -0.419 e. The number of hydrogen-bond acceptors (Lipinski definition) is 6. The Kier molecular flexibility index (Phi) is 3.85. The highest BCUT2D eigenvalue weighted by Gasteiger charge is 2.23. The summed E-state index contributed by atoms with van der Waals surface area (Å²) in [5.74, 6) is 1.66. The van der Waals surface area contributed by atoms with Gasteiger partial charge in [0.2, 0.25) is 11.8 Å². The minimum atomic E-state index is 0.493. The first-order valence-corrected chi connectivity index (χ1v) is 7.83. The van der Waals surface area contributed by atoms with Crippen LogP contribution in [0.25, 0.3) is 11.5 Å². The SMILES string of the molecule is c1cncc(-c2nnc(CN3CCC[C@H](c4ccn[nH]4)C3)o2)c1. The summed E-state index contributed by atoms with van der Waals surface area (Å²) < 4.78 is 5.77. The van der Waals surface area contributed by atoms with Gasteiger partial charge in [-0.2, -0.15) is 5.10 Å². The average Bonchev–Trinajstić information content (AvgIpc) is 3.28. The number of nitrogens with one attached hydrogen (secondary N) is 1. The Morgan fingerprint density at radius 1 is 1.26 bits per heavy atom. The van der Waals surface area contributed by atoms with E-state index in [0.717, 1.165) is 25.1 Å². The lowest BCUT2D eigenvalue weighted by atomic mass is 9.95. The van der Waals surface area contributed by atoms with E-state index >= 15 is 0 Å². The van der Waals surface area contributed by atoms with Gasteiger partial charge in [-0.3, -0.25) is 15.0 Å². The number of rotatable bonds is 4. The molecule has 0 unspecified atom stereocenters. The van der Waals surface area contributed by atoms with Crippen molar-refractivity contribution in [3.63, 3.8) is 0 Å². The van der Waals surface area contributed by atoms with Gasteiger partial charge in [0.15, 0.2) is 0 Å². The molecule has 0 radical (unpaired) electrons. The molecule has 1 N–H and O–H groups in total. The predicted molar refractivity (Wildman–Crippen MR) is 83.4 cm³/mol. The molecule has 0 bridgehead atoms. The summed E-state index contributed by atoms with van der Waals surface area (Å²) >= 11 is 0. The van der Waals surface area contributed by atoms with Crippen LogP contribution >= 0.6 is 0 Å². The van der Waals surface area contributed by atoms with Crippen LogP contribution in [0.2, 0.25) is 0 Å². The highest BCUT2D eigenvalue weighted by Crippen LogP contribution is 2.26. The third kappa shape index (κ3) is 3.14. The molecule has 7 nitrogen and oxygen atoms in total. The van der Waals surface area contributed by atoms with Gasteiger partial charge in [-0.25, -0.2) is 0 Å². The molecule has 0 saturated carbocycles. The quantitative estimate of drug-likeness (QED) is 0.795. The van der Waals surface area contributed by atoms with Crippen molar-refractivity contribution in [3.05, 3.63) is 48.4 Å². The summed E-state index contributed by atoms with van der Waals surface area (Å²) in [4.78, 5) is 6.43. The zero-order valence-electron chi connectivity index (χ0n) is 12.7. The summed E-state index contributed by atoms with van der Waals surface area (Å²) in [5.41, 5.74) is 2.05. The molecule has 1 saturated heterocycles. The molecule has 3 aromatic heterocycles. The average molecular weight is 310 g/mol. The van der Waals surface area contributed by atoms with E-state index in [-0.39, 0.29) is 0 Å². The number of aromatic nitrogens is 5. The Labute approximate surface area is 133 Å². The summed E-state index contributed by atoms with van der Waals surface area (Å²) in [6, 6.07) is 5.83. The second-order valence-electron chi connectivity index (χ2n) is 5.83. The summed E-state index contributed by atoms with van der Waals surface area (Å²) in [5, 5.41) is 15.4. The largest absolute Gasteiger partial charge is 0.419 e. The van der Waals surface area contributed by atoms with Crippen LogP contribution in [0.1, 0.15) is 30.3 Å². The van der Waals surface area contributed by atoms with Crippen LogP contribution in [0.15, 0.2) is 41.2 Å². The van der Waals surface area contributed by atoms with Gasteiger partial charge in [0.05, 0.1) is 12.1 Å². The third-order valence-electron chi connectivity index (χ3n) is 4.20. The molecule has 3 aromatic rings. The molecule has 1 aliphatic rings. The summed E-state index contributed by atoms with van der Waals surface area (Å²) in [7, 11) is 0. The Balaban J connectivity index is 1.43. The van der Waals surface area contributed by atoms with E-state index in [0.29, 0.717) is 24.2 Å². The lowest BCUT2D eigenvalue weighted by molar-refractivity contribution is 0.182. The van der Waals surface area contributed by atoms with Crippen molar-refractivity contribution in [1.82, 2.24) is 30.3 Å². The van der Waals surface area contributed by atoms with Crippen LogP contribution in [0.3, 0.4) is 0 Å². The maximum atomic E-state index is 5.77. The molecule has 23 heavy (non-hydrogen) atoms. The number of likely N-dealkylation sites (tertiary alicyclic amines) is 1. The van der Waals surface area contributed by atoms with Crippen molar-refractivity contribution in [2.75, 3.05) is 13.1 Å². The van der Waals surface area contributed by atoms with E-state index in [1.807, 2.05) is 18.3 Å². The molecule has 0 aromatic carbocycles. The number of hydrogen-bond donors (Lipinski definition) is 1. The van der Waals surface area contributed by atoms with E-state index in [2.05, 4.69) is 36.3 Å². The molecule has 4 heterocycles. The zero-order chi connectivity index (χ0) is 15.5. The molecule has 0 aliphatic carbocycles. The first kappa shape index (κ1) is 14.1. The first-order valence-electron chi connectivity index (χ1n) is 7.83. The van der Waals surface area contributed by atoms with E-state index in [4.69, 9.17) is 4.42 Å². The lowest BCUT2D eigenvalue weighted by Crippen LogP contribution is -2.34. The van der Waals surface area contributed by atoms with Crippen LogP contribution < -0.4 is 0 Å². The van der Waals surface area contributed by atoms with Crippen molar-refractivity contribution in [2.45, 2.75) is 25.3 Å². The van der Waals surface area contributed by atoms with Crippen LogP contribution in [0.5, 0.6) is 0 Å². The normalized spacial score (nSPS) is 19.0. The monoisotopic (exact) mass is 310 g/mol. The smallest absolute Gasteiger partial charge is 0.249 e. The fourth-order valence-electron chi connectivity index (χ4n) is 3.06. The molecular weight excluding hydrogens is 292 g/mol. The fraction of sp³-hybridized carbons (Fsp3) is 0.375. The maximum Gasteiger partial charge on any atom is 0.249 e. The van der Waals surface area contributed by atoms with Crippen molar-refractivity contribution < 1.29 is 4.42 Å². The minimum absolute atomic E-state index is 0.493. The lowest BCUT2D eigenvalue weighted by Gasteiger charge is -2.31. The van der Waals surface area contributed by atoms with Crippen molar-refractivity contribution in [2.24, 2.45) is 0 Å². The standard InChI is InChI=1S/C16H18N6O/c1-3-12(9-17-6-1)16-21-20-15(23-16)11-22-8-2-4-13(10-22)14-5-7-18-19-14/h1,3,5-7,9,13H,2,4,8,10-11H2,(H,18,19)/t13-/m0/s1. The van der Waals surface area contributed by atoms with Gasteiger partial charge in [0, 0.05) is 36.7 Å². The first-order chi connectivity index (χ1) is 11.4. The number of pyridine rings is 1. The Morgan fingerprint density at radius 2 is 2.26 bits per heavy atom. The third-order valence-corrected chi connectivity index (χ3v) is 4.20. The van der Waals surface area contributed by atoms with Gasteiger partial charge in [0.1, 0.15) is 0 Å².